The van der Waals surface area contributed by atoms with Crippen LogP contribution in [0.15, 0.2) is 206 Å². The van der Waals surface area contributed by atoms with Gasteiger partial charge >= 0.3 is 0 Å². The summed E-state index contributed by atoms with van der Waals surface area (Å²) in [6, 6.07) is 74.6. The van der Waals surface area contributed by atoms with Crippen LogP contribution in [-0.2, 0) is 0 Å². The molecule has 0 bridgehead atoms. The van der Waals surface area contributed by atoms with Gasteiger partial charge in [0.2, 0.25) is 0 Å². The SMILES string of the molecule is c1ccc(-c2cccc(N(c3ccc(-c4cc5ccccc5c5c(-c6ccccc6)c6ccccc6n45)cc3)c3cccc4ccccc34)c2)cc1. The molecule has 0 aliphatic heterocycles. The Morgan fingerprint density at radius 1 is 0.346 bits per heavy atom. The van der Waals surface area contributed by atoms with E-state index in [1.165, 1.54) is 65.9 Å². The average molecular weight is 663 g/mol. The van der Waals surface area contributed by atoms with Crippen molar-refractivity contribution in [3.8, 4) is 33.5 Å². The maximum Gasteiger partial charge on any atom is 0.0625 e. The van der Waals surface area contributed by atoms with Crippen molar-refractivity contribution in [2.45, 2.75) is 0 Å². The van der Waals surface area contributed by atoms with Crippen LogP contribution < -0.4 is 4.90 Å². The Morgan fingerprint density at radius 2 is 0.942 bits per heavy atom. The van der Waals surface area contributed by atoms with E-state index in [2.05, 4.69) is 216 Å². The van der Waals surface area contributed by atoms with Crippen molar-refractivity contribution in [2.75, 3.05) is 4.90 Å². The number of fused-ring (bicyclic) bond motifs is 6. The second-order valence-corrected chi connectivity index (χ2v) is 13.4. The van der Waals surface area contributed by atoms with E-state index in [9.17, 15) is 0 Å². The molecule has 0 saturated carbocycles. The third-order valence-electron chi connectivity index (χ3n) is 10.3. The van der Waals surface area contributed by atoms with E-state index < -0.39 is 0 Å². The van der Waals surface area contributed by atoms with E-state index in [0.29, 0.717) is 0 Å². The molecular formula is C50H34N2. The van der Waals surface area contributed by atoms with Gasteiger partial charge in [-0.3, -0.25) is 0 Å². The van der Waals surface area contributed by atoms with Crippen LogP contribution in [0.3, 0.4) is 0 Å². The summed E-state index contributed by atoms with van der Waals surface area (Å²) < 4.78 is 2.47. The van der Waals surface area contributed by atoms with Crippen molar-refractivity contribution in [1.82, 2.24) is 4.40 Å². The summed E-state index contributed by atoms with van der Waals surface area (Å²) in [7, 11) is 0. The van der Waals surface area contributed by atoms with E-state index in [4.69, 9.17) is 0 Å². The molecule has 52 heavy (non-hydrogen) atoms. The first-order valence-electron chi connectivity index (χ1n) is 17.9. The Bertz CT molecular complexity index is 2880. The number of anilines is 3. The Kier molecular flexibility index (Phi) is 7.18. The van der Waals surface area contributed by atoms with Crippen LogP contribution in [0.1, 0.15) is 0 Å². The topological polar surface area (TPSA) is 7.65 Å². The summed E-state index contributed by atoms with van der Waals surface area (Å²) in [5.41, 5.74) is 13.0. The molecule has 0 radical (unpaired) electrons. The number of hydrogen-bond acceptors (Lipinski definition) is 1. The number of nitrogens with zero attached hydrogens (tertiary/aromatic N) is 2. The van der Waals surface area contributed by atoms with Crippen LogP contribution >= 0.6 is 0 Å². The lowest BCUT2D eigenvalue weighted by molar-refractivity contribution is 1.26. The molecule has 2 nitrogen and oxygen atoms in total. The van der Waals surface area contributed by atoms with Crippen molar-refractivity contribution >= 4 is 55.0 Å². The predicted molar refractivity (Wildman–Crippen MR) is 221 cm³/mol. The maximum atomic E-state index is 2.47. The van der Waals surface area contributed by atoms with Crippen LogP contribution in [0, 0.1) is 0 Å². The molecule has 0 saturated heterocycles. The molecule has 0 atom stereocenters. The number of aromatic nitrogens is 1. The Labute approximate surface area is 303 Å². The monoisotopic (exact) mass is 662 g/mol. The lowest BCUT2D eigenvalue weighted by Crippen LogP contribution is -2.10. The highest BCUT2D eigenvalue weighted by Crippen LogP contribution is 2.44. The number of hydrogen-bond donors (Lipinski definition) is 0. The molecule has 0 aliphatic carbocycles. The van der Waals surface area contributed by atoms with Crippen LogP contribution in [-0.4, -0.2) is 4.40 Å². The van der Waals surface area contributed by atoms with Gasteiger partial charge < -0.3 is 9.30 Å². The molecule has 10 aromatic rings. The van der Waals surface area contributed by atoms with E-state index >= 15 is 0 Å². The van der Waals surface area contributed by atoms with E-state index in [1.807, 2.05) is 0 Å². The average Bonchev–Trinajstić information content (AvgIpc) is 3.57. The Morgan fingerprint density at radius 3 is 1.73 bits per heavy atom. The molecule has 0 aliphatic rings. The summed E-state index contributed by atoms with van der Waals surface area (Å²) in [6.45, 7) is 0. The molecule has 0 amide bonds. The van der Waals surface area contributed by atoms with E-state index in [1.54, 1.807) is 0 Å². The zero-order chi connectivity index (χ0) is 34.4. The van der Waals surface area contributed by atoms with Crippen molar-refractivity contribution in [2.24, 2.45) is 0 Å². The minimum atomic E-state index is 1.10. The molecule has 0 unspecified atom stereocenters. The molecule has 244 valence electrons. The Hall–Kier alpha value is -6.90. The molecule has 2 aromatic heterocycles. The second-order valence-electron chi connectivity index (χ2n) is 13.4. The van der Waals surface area contributed by atoms with E-state index in [-0.39, 0.29) is 0 Å². The molecule has 2 heteroatoms. The van der Waals surface area contributed by atoms with Gasteiger partial charge in [0, 0.05) is 33.1 Å². The summed E-state index contributed by atoms with van der Waals surface area (Å²) in [5.74, 6) is 0. The van der Waals surface area contributed by atoms with Gasteiger partial charge in [0.05, 0.1) is 22.4 Å². The number of rotatable bonds is 6. The maximum absolute atomic E-state index is 2.47. The quantitative estimate of drug-likeness (QED) is 0.172. The van der Waals surface area contributed by atoms with Gasteiger partial charge in [-0.05, 0) is 75.5 Å². The lowest BCUT2D eigenvalue weighted by Gasteiger charge is -2.27. The van der Waals surface area contributed by atoms with Gasteiger partial charge in [-0.1, -0.05) is 164 Å². The van der Waals surface area contributed by atoms with Gasteiger partial charge in [-0.15, -0.1) is 0 Å². The number of pyridine rings is 1. The largest absolute Gasteiger partial charge is 0.310 e. The van der Waals surface area contributed by atoms with Crippen molar-refractivity contribution in [3.63, 3.8) is 0 Å². The van der Waals surface area contributed by atoms with Gasteiger partial charge in [0.15, 0.2) is 0 Å². The second kappa shape index (κ2) is 12.5. The van der Waals surface area contributed by atoms with Gasteiger partial charge in [0.25, 0.3) is 0 Å². The first-order valence-corrected chi connectivity index (χ1v) is 17.9. The van der Waals surface area contributed by atoms with Crippen LogP contribution in [0.25, 0.3) is 71.5 Å². The minimum Gasteiger partial charge on any atom is -0.310 e. The normalized spacial score (nSPS) is 11.5. The highest BCUT2D eigenvalue weighted by molar-refractivity contribution is 6.16. The van der Waals surface area contributed by atoms with Gasteiger partial charge in [-0.2, -0.15) is 0 Å². The smallest absolute Gasteiger partial charge is 0.0625 e. The Balaban J connectivity index is 1.19. The number of benzene rings is 8. The highest BCUT2D eigenvalue weighted by Gasteiger charge is 2.21. The third kappa shape index (κ3) is 4.96. The fraction of sp³-hybridized carbons (Fsp3) is 0. The standard InChI is InChI=1S/C50H34N2/c1-3-15-35(16-4-1)39-22-13-23-42(33-39)51(46-28-14-21-36-17-7-9-24-43(36)46)41-31-29-37(30-32-41)48-34-40-20-8-10-25-44(40)50-49(38-18-5-2-6-19-38)45-26-11-12-27-47(45)52(48)50/h1-34H. The molecule has 0 spiro atoms. The molecule has 10 rings (SSSR count). The summed E-state index contributed by atoms with van der Waals surface area (Å²) in [5, 5.41) is 6.15. The minimum absolute atomic E-state index is 1.10. The zero-order valence-corrected chi connectivity index (χ0v) is 28.5. The first kappa shape index (κ1) is 30.0. The van der Waals surface area contributed by atoms with Crippen LogP contribution in [0.4, 0.5) is 17.1 Å². The molecule has 2 heterocycles. The fourth-order valence-corrected chi connectivity index (χ4v) is 7.97. The molecule has 8 aromatic carbocycles. The molecule has 0 fully saturated rings. The summed E-state index contributed by atoms with van der Waals surface area (Å²) >= 11 is 0. The van der Waals surface area contributed by atoms with Gasteiger partial charge in [0.1, 0.15) is 0 Å². The summed E-state index contributed by atoms with van der Waals surface area (Å²) in [6.07, 6.45) is 0. The van der Waals surface area contributed by atoms with Crippen molar-refractivity contribution in [3.05, 3.63) is 206 Å². The van der Waals surface area contributed by atoms with E-state index in [0.717, 1.165) is 22.6 Å². The highest BCUT2D eigenvalue weighted by atomic mass is 15.1. The predicted octanol–water partition coefficient (Wildman–Crippen LogP) is 13.9. The van der Waals surface area contributed by atoms with Crippen LogP contribution in [0.5, 0.6) is 0 Å². The third-order valence-corrected chi connectivity index (χ3v) is 10.3. The van der Waals surface area contributed by atoms with Crippen molar-refractivity contribution in [1.29, 1.82) is 0 Å². The zero-order valence-electron chi connectivity index (χ0n) is 28.5. The first-order chi connectivity index (χ1) is 25.8. The molecule has 0 N–H and O–H groups in total. The lowest BCUT2D eigenvalue weighted by atomic mass is 9.99. The summed E-state index contributed by atoms with van der Waals surface area (Å²) in [4.78, 5) is 2.40. The van der Waals surface area contributed by atoms with Crippen molar-refractivity contribution < 1.29 is 0 Å². The molecular weight excluding hydrogens is 629 g/mol. The van der Waals surface area contributed by atoms with Gasteiger partial charge in [-0.25, -0.2) is 0 Å². The number of para-hydroxylation sites is 1. The fourth-order valence-electron chi connectivity index (χ4n) is 7.97. The van der Waals surface area contributed by atoms with Crippen LogP contribution in [0.2, 0.25) is 0 Å².